The second-order valence-corrected chi connectivity index (χ2v) is 8.38. The van der Waals surface area contributed by atoms with Crippen LogP contribution in [0, 0.1) is 0 Å². The second-order valence-electron chi connectivity index (χ2n) is 7.32. The number of nitrogens with two attached hydrogens (primary N) is 2. The van der Waals surface area contributed by atoms with Crippen molar-refractivity contribution in [3.63, 3.8) is 0 Å². The number of hydrogen-bond acceptors (Lipinski definition) is 7. The largest absolute Gasteiger partial charge is 0.369 e. The molecule has 4 N–H and O–H groups in total. The van der Waals surface area contributed by atoms with E-state index in [4.69, 9.17) is 21.4 Å². The zero-order chi connectivity index (χ0) is 18.4. The number of anilines is 1. The van der Waals surface area contributed by atoms with E-state index in [9.17, 15) is 0 Å². The molecule has 3 aliphatic rings. The first-order chi connectivity index (χ1) is 13.1. The van der Waals surface area contributed by atoms with Crippen LogP contribution in [-0.2, 0) is 6.54 Å². The summed E-state index contributed by atoms with van der Waals surface area (Å²) in [5, 5.41) is 1.09. The number of imidazole rings is 1. The van der Waals surface area contributed by atoms with Crippen molar-refractivity contribution in [1.82, 2.24) is 9.55 Å². The van der Waals surface area contributed by atoms with Gasteiger partial charge in [0, 0.05) is 29.7 Å². The topological polar surface area (TPSA) is 97.8 Å². The number of guanidine groups is 2. The van der Waals surface area contributed by atoms with Crippen LogP contribution in [0.3, 0.4) is 0 Å². The molecular formula is C19H23N7S. The van der Waals surface area contributed by atoms with Crippen molar-refractivity contribution in [3.05, 3.63) is 30.5 Å². The van der Waals surface area contributed by atoms with Gasteiger partial charge >= 0.3 is 0 Å². The number of aromatic nitrogens is 2. The molecule has 1 aliphatic carbocycles. The van der Waals surface area contributed by atoms with E-state index in [1.165, 1.54) is 6.42 Å². The molecule has 1 aromatic heterocycles. The average molecular weight is 382 g/mol. The third-order valence-electron chi connectivity index (χ3n) is 5.55. The predicted octanol–water partition coefficient (Wildman–Crippen LogP) is 2.77. The number of aliphatic imine (C=N–C) groups is 2. The lowest BCUT2D eigenvalue weighted by molar-refractivity contribution is 0.305. The van der Waals surface area contributed by atoms with Crippen molar-refractivity contribution < 1.29 is 0 Å². The summed E-state index contributed by atoms with van der Waals surface area (Å²) < 4.78 is 2.22. The van der Waals surface area contributed by atoms with Gasteiger partial charge in [0.05, 0.1) is 5.69 Å². The number of rotatable bonds is 2. The first kappa shape index (κ1) is 16.7. The third kappa shape index (κ3) is 2.79. The van der Waals surface area contributed by atoms with Crippen LogP contribution in [0.4, 0.5) is 5.69 Å². The van der Waals surface area contributed by atoms with Crippen LogP contribution in [0.2, 0.25) is 0 Å². The summed E-state index contributed by atoms with van der Waals surface area (Å²) in [4.78, 5) is 15.9. The molecule has 3 heterocycles. The summed E-state index contributed by atoms with van der Waals surface area (Å²) in [6.07, 6.45) is 7.46. The van der Waals surface area contributed by atoms with Gasteiger partial charge in [0.1, 0.15) is 5.66 Å². The standard InChI is InChI=1S/C19H23N7S/c20-16-23-17(21)26(19(24-16)7-2-1-3-8-19)14-6-4-5-13(11-14)15-12-25-9-10-27-18(25)22-15/h4-6,11-12H,1-3,7-10H2,(H4,20,21,23,24). The van der Waals surface area contributed by atoms with E-state index in [1.54, 1.807) is 11.8 Å². The maximum Gasteiger partial charge on any atom is 0.220 e. The highest BCUT2D eigenvalue weighted by Crippen LogP contribution is 2.40. The number of nitrogens with zero attached hydrogens (tertiary/aromatic N) is 5. The molecule has 27 heavy (non-hydrogen) atoms. The fraction of sp³-hybridized carbons (Fsp3) is 0.421. The van der Waals surface area contributed by atoms with E-state index >= 15 is 0 Å². The molecule has 1 fully saturated rings. The molecule has 1 saturated carbocycles. The molecule has 0 atom stereocenters. The zero-order valence-electron chi connectivity index (χ0n) is 15.1. The Hall–Kier alpha value is -2.48. The summed E-state index contributed by atoms with van der Waals surface area (Å²) in [5.41, 5.74) is 15.0. The molecule has 1 spiro atoms. The Kier molecular flexibility index (Phi) is 3.89. The molecule has 0 bridgehead atoms. The molecule has 0 amide bonds. The SMILES string of the molecule is NC1=NC2(CCCCC2)N(c2cccc(-c3cn4c(n3)SCC4)c2)C(N)=N1. The molecule has 0 radical (unpaired) electrons. The van der Waals surface area contributed by atoms with E-state index in [-0.39, 0.29) is 5.96 Å². The molecule has 0 saturated heterocycles. The molecule has 140 valence electrons. The molecule has 7 nitrogen and oxygen atoms in total. The first-order valence-electron chi connectivity index (χ1n) is 9.45. The van der Waals surface area contributed by atoms with Crippen LogP contribution in [-0.4, -0.2) is 32.9 Å². The molecule has 2 aromatic rings. The minimum absolute atomic E-state index is 0.282. The highest BCUT2D eigenvalue weighted by atomic mass is 32.2. The van der Waals surface area contributed by atoms with Crippen LogP contribution in [0.1, 0.15) is 32.1 Å². The Morgan fingerprint density at radius 1 is 1.11 bits per heavy atom. The lowest BCUT2D eigenvalue weighted by atomic mass is 9.87. The van der Waals surface area contributed by atoms with Gasteiger partial charge in [-0.05, 0) is 37.8 Å². The molecule has 1 aromatic carbocycles. The fourth-order valence-corrected chi connectivity index (χ4v) is 5.29. The third-order valence-corrected chi connectivity index (χ3v) is 6.53. The van der Waals surface area contributed by atoms with Crippen LogP contribution in [0.15, 0.2) is 45.6 Å². The van der Waals surface area contributed by atoms with Gasteiger partial charge in [-0.1, -0.05) is 30.3 Å². The van der Waals surface area contributed by atoms with Gasteiger partial charge in [-0.2, -0.15) is 4.99 Å². The summed E-state index contributed by atoms with van der Waals surface area (Å²) in [6, 6.07) is 8.35. The molecule has 0 unspecified atom stereocenters. The van der Waals surface area contributed by atoms with Crippen molar-refractivity contribution in [2.24, 2.45) is 21.5 Å². The minimum atomic E-state index is -0.418. The van der Waals surface area contributed by atoms with Crippen molar-refractivity contribution in [2.75, 3.05) is 10.7 Å². The summed E-state index contributed by atoms with van der Waals surface area (Å²) in [6.45, 7) is 1.02. The Morgan fingerprint density at radius 2 is 1.96 bits per heavy atom. The van der Waals surface area contributed by atoms with Gasteiger partial charge < -0.3 is 16.0 Å². The second kappa shape index (κ2) is 6.30. The molecular weight excluding hydrogens is 358 g/mol. The fourth-order valence-electron chi connectivity index (χ4n) is 4.35. The van der Waals surface area contributed by atoms with Gasteiger partial charge in [0.15, 0.2) is 5.16 Å². The minimum Gasteiger partial charge on any atom is -0.369 e. The maximum absolute atomic E-state index is 6.35. The Balaban J connectivity index is 1.55. The van der Waals surface area contributed by atoms with Crippen molar-refractivity contribution in [2.45, 2.75) is 49.5 Å². The Morgan fingerprint density at radius 3 is 2.78 bits per heavy atom. The highest BCUT2D eigenvalue weighted by molar-refractivity contribution is 7.99. The van der Waals surface area contributed by atoms with E-state index in [2.05, 4.69) is 38.9 Å². The molecule has 8 heteroatoms. The molecule has 5 rings (SSSR count). The van der Waals surface area contributed by atoms with Gasteiger partial charge in [-0.15, -0.1) is 0 Å². The van der Waals surface area contributed by atoms with Gasteiger partial charge in [0.2, 0.25) is 11.9 Å². The van der Waals surface area contributed by atoms with Crippen LogP contribution in [0.5, 0.6) is 0 Å². The van der Waals surface area contributed by atoms with Crippen molar-refractivity contribution in [3.8, 4) is 11.3 Å². The average Bonchev–Trinajstić information content (AvgIpc) is 3.24. The van der Waals surface area contributed by atoms with E-state index in [0.717, 1.165) is 60.1 Å². The van der Waals surface area contributed by atoms with Gasteiger partial charge in [0.25, 0.3) is 0 Å². The normalized spacial score (nSPS) is 21.1. The van der Waals surface area contributed by atoms with E-state index in [1.807, 2.05) is 6.07 Å². The number of benzene rings is 1. The number of thioether (sulfide) groups is 1. The number of aryl methyl sites for hydroxylation is 1. The lowest BCUT2D eigenvalue weighted by Crippen LogP contribution is -2.58. The van der Waals surface area contributed by atoms with Crippen LogP contribution < -0.4 is 16.4 Å². The number of hydrogen-bond donors (Lipinski definition) is 2. The summed E-state index contributed by atoms with van der Waals surface area (Å²) in [5.74, 6) is 1.81. The van der Waals surface area contributed by atoms with Gasteiger partial charge in [-0.25, -0.2) is 9.98 Å². The van der Waals surface area contributed by atoms with Crippen LogP contribution >= 0.6 is 11.8 Å². The molecule has 2 aliphatic heterocycles. The Labute approximate surface area is 162 Å². The van der Waals surface area contributed by atoms with Crippen molar-refractivity contribution >= 4 is 29.4 Å². The lowest BCUT2D eigenvalue weighted by Gasteiger charge is -2.45. The Bertz CT molecular complexity index is 918. The summed E-state index contributed by atoms with van der Waals surface area (Å²) in [7, 11) is 0. The van der Waals surface area contributed by atoms with Crippen molar-refractivity contribution in [1.29, 1.82) is 0 Å². The predicted molar refractivity (Wildman–Crippen MR) is 110 cm³/mol. The number of fused-ring (bicyclic) bond motifs is 1. The summed E-state index contributed by atoms with van der Waals surface area (Å²) >= 11 is 1.80. The van der Waals surface area contributed by atoms with E-state index < -0.39 is 5.66 Å². The maximum atomic E-state index is 6.35. The quantitative estimate of drug-likeness (QED) is 0.833. The first-order valence-corrected chi connectivity index (χ1v) is 10.4. The van der Waals surface area contributed by atoms with E-state index in [0.29, 0.717) is 5.96 Å². The van der Waals surface area contributed by atoms with Crippen LogP contribution in [0.25, 0.3) is 11.3 Å². The monoisotopic (exact) mass is 381 g/mol. The highest BCUT2D eigenvalue weighted by Gasteiger charge is 2.42. The zero-order valence-corrected chi connectivity index (χ0v) is 16.0. The smallest absolute Gasteiger partial charge is 0.220 e. The van der Waals surface area contributed by atoms with Gasteiger partial charge in [-0.3, -0.25) is 4.90 Å².